The van der Waals surface area contributed by atoms with Crippen molar-refractivity contribution in [3.8, 4) is 11.5 Å². The van der Waals surface area contributed by atoms with Crippen molar-refractivity contribution in [3.63, 3.8) is 0 Å². The van der Waals surface area contributed by atoms with Crippen LogP contribution in [0.5, 0.6) is 11.5 Å². The Morgan fingerprint density at radius 2 is 1.42 bits per heavy atom. The summed E-state index contributed by atoms with van der Waals surface area (Å²) in [5, 5.41) is 0. The molecule has 2 heteroatoms. The van der Waals surface area contributed by atoms with Gasteiger partial charge in [-0.05, 0) is 36.2 Å². The van der Waals surface area contributed by atoms with E-state index in [4.69, 9.17) is 9.47 Å². The molecule has 0 spiro atoms. The molecular weight excluding hydrogens is 236 g/mol. The van der Waals surface area contributed by atoms with Crippen LogP contribution in [-0.4, -0.2) is 6.61 Å². The van der Waals surface area contributed by atoms with Crippen molar-refractivity contribution in [2.24, 2.45) is 0 Å². The quantitative estimate of drug-likeness (QED) is 0.682. The third kappa shape index (κ3) is 4.66. The van der Waals surface area contributed by atoms with E-state index < -0.39 is 0 Å². The lowest BCUT2D eigenvalue weighted by Gasteiger charge is -2.08. The van der Waals surface area contributed by atoms with Crippen LogP contribution in [0.15, 0.2) is 54.6 Å². The molecule has 100 valence electrons. The zero-order chi connectivity index (χ0) is 13.3. The third-order valence-corrected chi connectivity index (χ3v) is 2.84. The lowest BCUT2D eigenvalue weighted by atomic mass is 10.2. The average Bonchev–Trinajstić information content (AvgIpc) is 2.48. The second-order valence-electron chi connectivity index (χ2n) is 4.45. The van der Waals surface area contributed by atoms with Gasteiger partial charge in [0.2, 0.25) is 0 Å². The maximum absolute atomic E-state index is 5.72. The van der Waals surface area contributed by atoms with E-state index in [-0.39, 0.29) is 0 Å². The summed E-state index contributed by atoms with van der Waals surface area (Å²) in [7, 11) is 0. The van der Waals surface area contributed by atoms with Crippen LogP contribution >= 0.6 is 0 Å². The molecule has 19 heavy (non-hydrogen) atoms. The summed E-state index contributed by atoms with van der Waals surface area (Å²) in [4.78, 5) is 0. The molecule has 0 aliphatic rings. The van der Waals surface area contributed by atoms with Gasteiger partial charge in [-0.15, -0.1) is 0 Å². The minimum Gasteiger partial charge on any atom is -0.494 e. The second-order valence-corrected chi connectivity index (χ2v) is 4.45. The molecule has 0 heterocycles. The highest BCUT2D eigenvalue weighted by Gasteiger charge is 1.97. The van der Waals surface area contributed by atoms with Crippen LogP contribution in [0.2, 0.25) is 0 Å². The predicted octanol–water partition coefficient (Wildman–Crippen LogP) is 4.44. The highest BCUT2D eigenvalue weighted by atomic mass is 16.5. The first-order chi connectivity index (χ1) is 9.38. The highest BCUT2D eigenvalue weighted by molar-refractivity contribution is 5.31. The smallest absolute Gasteiger partial charge is 0.120 e. The maximum Gasteiger partial charge on any atom is 0.120 e. The fourth-order valence-electron chi connectivity index (χ4n) is 1.71. The largest absolute Gasteiger partial charge is 0.494 e. The minimum absolute atomic E-state index is 0.594. The number of rotatable bonds is 7. The summed E-state index contributed by atoms with van der Waals surface area (Å²) in [5.74, 6) is 1.77. The van der Waals surface area contributed by atoms with Crippen molar-refractivity contribution in [1.82, 2.24) is 0 Å². The first-order valence-corrected chi connectivity index (χ1v) is 6.78. The van der Waals surface area contributed by atoms with Crippen molar-refractivity contribution in [1.29, 1.82) is 0 Å². The lowest BCUT2D eigenvalue weighted by Crippen LogP contribution is -1.97. The normalized spacial score (nSPS) is 10.2. The van der Waals surface area contributed by atoms with E-state index >= 15 is 0 Å². The molecule has 0 saturated heterocycles. The molecule has 0 aliphatic carbocycles. The van der Waals surface area contributed by atoms with Gasteiger partial charge in [0, 0.05) is 0 Å². The molecule has 2 rings (SSSR count). The fourth-order valence-corrected chi connectivity index (χ4v) is 1.71. The van der Waals surface area contributed by atoms with E-state index in [1.54, 1.807) is 0 Å². The standard InChI is InChI=1S/C17H20O2/c1-2-3-13-18-16-9-11-17(12-10-16)19-14-15-7-5-4-6-8-15/h4-12H,2-3,13-14H2,1H3. The Bertz CT molecular complexity index is 462. The van der Waals surface area contributed by atoms with Crippen molar-refractivity contribution in [3.05, 3.63) is 60.2 Å². The predicted molar refractivity (Wildman–Crippen MR) is 77.6 cm³/mol. The number of benzene rings is 2. The van der Waals surface area contributed by atoms with Gasteiger partial charge >= 0.3 is 0 Å². The molecule has 0 atom stereocenters. The van der Waals surface area contributed by atoms with Crippen LogP contribution in [0, 0.1) is 0 Å². The summed E-state index contributed by atoms with van der Waals surface area (Å²) in [6.45, 7) is 3.53. The van der Waals surface area contributed by atoms with Gasteiger partial charge in [0.15, 0.2) is 0 Å². The Balaban J connectivity index is 1.81. The Morgan fingerprint density at radius 1 is 0.789 bits per heavy atom. The van der Waals surface area contributed by atoms with Gasteiger partial charge < -0.3 is 9.47 Å². The first kappa shape index (κ1) is 13.5. The Hall–Kier alpha value is -1.96. The molecule has 0 N–H and O–H groups in total. The summed E-state index contributed by atoms with van der Waals surface area (Å²) in [6, 6.07) is 18.0. The van der Waals surface area contributed by atoms with E-state index in [2.05, 4.69) is 19.1 Å². The van der Waals surface area contributed by atoms with Gasteiger partial charge in [0.05, 0.1) is 6.61 Å². The summed E-state index contributed by atoms with van der Waals surface area (Å²) < 4.78 is 11.3. The van der Waals surface area contributed by atoms with E-state index in [0.717, 1.165) is 30.9 Å². The number of unbranched alkanes of at least 4 members (excludes halogenated alkanes) is 1. The summed E-state index contributed by atoms with van der Waals surface area (Å²) in [5.41, 5.74) is 1.17. The number of hydrogen-bond acceptors (Lipinski definition) is 2. The van der Waals surface area contributed by atoms with E-state index in [1.165, 1.54) is 5.56 Å². The van der Waals surface area contributed by atoms with Crippen LogP contribution in [0.25, 0.3) is 0 Å². The molecule has 2 aromatic carbocycles. The SMILES string of the molecule is CCCCOc1ccc(OCc2ccccc2)cc1. The lowest BCUT2D eigenvalue weighted by molar-refractivity contribution is 0.299. The molecule has 0 aromatic heterocycles. The summed E-state index contributed by atoms with van der Waals surface area (Å²) in [6.07, 6.45) is 2.24. The Kier molecular flexibility index (Phi) is 5.30. The van der Waals surface area contributed by atoms with Crippen LogP contribution in [0.3, 0.4) is 0 Å². The molecule has 2 aromatic rings. The maximum atomic E-state index is 5.72. The molecule has 0 unspecified atom stereocenters. The van der Waals surface area contributed by atoms with Crippen molar-refractivity contribution in [2.75, 3.05) is 6.61 Å². The molecule has 0 aliphatic heterocycles. The number of hydrogen-bond donors (Lipinski definition) is 0. The zero-order valence-corrected chi connectivity index (χ0v) is 11.3. The fraction of sp³-hybridized carbons (Fsp3) is 0.294. The highest BCUT2D eigenvalue weighted by Crippen LogP contribution is 2.18. The molecular formula is C17H20O2. The zero-order valence-electron chi connectivity index (χ0n) is 11.3. The van der Waals surface area contributed by atoms with Crippen LogP contribution in [0.1, 0.15) is 25.3 Å². The molecule has 0 radical (unpaired) electrons. The molecule has 0 amide bonds. The topological polar surface area (TPSA) is 18.5 Å². The van der Waals surface area contributed by atoms with Gasteiger partial charge in [-0.25, -0.2) is 0 Å². The van der Waals surface area contributed by atoms with Crippen molar-refractivity contribution in [2.45, 2.75) is 26.4 Å². The van der Waals surface area contributed by atoms with Crippen molar-refractivity contribution < 1.29 is 9.47 Å². The average molecular weight is 256 g/mol. The van der Waals surface area contributed by atoms with Gasteiger partial charge in [-0.1, -0.05) is 43.7 Å². The third-order valence-electron chi connectivity index (χ3n) is 2.84. The van der Waals surface area contributed by atoms with Gasteiger partial charge in [-0.2, -0.15) is 0 Å². The molecule has 0 fully saturated rings. The first-order valence-electron chi connectivity index (χ1n) is 6.78. The van der Waals surface area contributed by atoms with Crippen LogP contribution in [-0.2, 0) is 6.61 Å². The molecule has 0 bridgehead atoms. The van der Waals surface area contributed by atoms with Gasteiger partial charge in [0.1, 0.15) is 18.1 Å². The van der Waals surface area contributed by atoms with E-state index in [0.29, 0.717) is 6.61 Å². The van der Waals surface area contributed by atoms with E-state index in [1.807, 2.05) is 42.5 Å². The molecule has 0 saturated carbocycles. The number of ether oxygens (including phenoxy) is 2. The van der Waals surface area contributed by atoms with Crippen molar-refractivity contribution >= 4 is 0 Å². The minimum atomic E-state index is 0.594. The summed E-state index contributed by atoms with van der Waals surface area (Å²) >= 11 is 0. The van der Waals surface area contributed by atoms with Gasteiger partial charge in [-0.3, -0.25) is 0 Å². The monoisotopic (exact) mass is 256 g/mol. The molecule has 2 nitrogen and oxygen atoms in total. The van der Waals surface area contributed by atoms with Gasteiger partial charge in [0.25, 0.3) is 0 Å². The van der Waals surface area contributed by atoms with Crippen LogP contribution < -0.4 is 9.47 Å². The second kappa shape index (κ2) is 7.47. The Labute approximate surface area is 115 Å². The Morgan fingerprint density at radius 3 is 2.05 bits per heavy atom. The van der Waals surface area contributed by atoms with E-state index in [9.17, 15) is 0 Å². The van der Waals surface area contributed by atoms with Crippen LogP contribution in [0.4, 0.5) is 0 Å².